The van der Waals surface area contributed by atoms with Crippen LogP contribution >= 0.6 is 0 Å². The number of allylic oxidation sites excluding steroid dienone is 6. The zero-order valence-corrected chi connectivity index (χ0v) is 21.3. The molecule has 0 aliphatic heterocycles. The number of hydrogen-bond acceptors (Lipinski definition) is 3. The molecule has 2 unspecified atom stereocenters. The molecule has 0 spiro atoms. The van der Waals surface area contributed by atoms with E-state index in [4.69, 9.17) is 0 Å². The van der Waals surface area contributed by atoms with Crippen molar-refractivity contribution in [1.29, 1.82) is 0 Å². The van der Waals surface area contributed by atoms with E-state index in [0.717, 1.165) is 30.4 Å². The summed E-state index contributed by atoms with van der Waals surface area (Å²) < 4.78 is 0. The molecule has 3 fully saturated rings. The maximum atomic E-state index is 10.5. The van der Waals surface area contributed by atoms with Gasteiger partial charge in [0.25, 0.3) is 0 Å². The van der Waals surface area contributed by atoms with Gasteiger partial charge >= 0.3 is 0 Å². The summed E-state index contributed by atoms with van der Waals surface area (Å²) in [7, 11) is 0. The van der Waals surface area contributed by atoms with Crippen LogP contribution in [-0.2, 0) is 0 Å². The highest BCUT2D eigenvalue weighted by molar-refractivity contribution is 5.38. The highest BCUT2D eigenvalue weighted by atomic mass is 16.3. The molecule has 184 valence electrons. The summed E-state index contributed by atoms with van der Waals surface area (Å²) in [5, 5.41) is 30.7. The topological polar surface area (TPSA) is 60.7 Å². The van der Waals surface area contributed by atoms with Crippen LogP contribution in [0.5, 0.6) is 0 Å². The average molecular weight is 455 g/mol. The molecule has 3 N–H and O–H groups in total. The maximum absolute atomic E-state index is 10.5. The van der Waals surface area contributed by atoms with E-state index >= 15 is 0 Å². The van der Waals surface area contributed by atoms with Gasteiger partial charge < -0.3 is 15.3 Å². The van der Waals surface area contributed by atoms with Crippen molar-refractivity contribution in [1.82, 2.24) is 0 Å². The Morgan fingerprint density at radius 1 is 1.15 bits per heavy atom. The second-order valence-electron chi connectivity index (χ2n) is 11.1. The van der Waals surface area contributed by atoms with Crippen molar-refractivity contribution in [3.05, 3.63) is 59.8 Å². The predicted molar refractivity (Wildman–Crippen MR) is 138 cm³/mol. The second kappa shape index (κ2) is 10.9. The molecule has 0 bridgehead atoms. The summed E-state index contributed by atoms with van der Waals surface area (Å²) in [5.74, 6) is 1.77. The lowest BCUT2D eigenvalue weighted by atomic mass is 9.61. The van der Waals surface area contributed by atoms with Crippen molar-refractivity contribution >= 4 is 0 Å². The minimum atomic E-state index is -0.689. The number of aliphatic hydroxyl groups excluding tert-OH is 2. The summed E-state index contributed by atoms with van der Waals surface area (Å²) in [6.07, 6.45) is 20.3. The SMILES string of the molecule is C=C1C(=CC=C2CCC[C@@]3(C)C2CCC3[C@H](C)C=CC=CC(O)(CC)CC)C[C@@H](O)C[C@@H]1O. The van der Waals surface area contributed by atoms with Crippen LogP contribution in [0, 0.1) is 23.2 Å². The molecule has 0 aromatic rings. The minimum Gasteiger partial charge on any atom is -0.393 e. The van der Waals surface area contributed by atoms with Gasteiger partial charge in [0.2, 0.25) is 0 Å². The number of rotatable bonds is 7. The molecule has 3 aliphatic carbocycles. The van der Waals surface area contributed by atoms with Gasteiger partial charge in [0.1, 0.15) is 0 Å². The third-order valence-corrected chi connectivity index (χ3v) is 9.09. The van der Waals surface area contributed by atoms with E-state index in [2.05, 4.69) is 44.7 Å². The Morgan fingerprint density at radius 3 is 2.58 bits per heavy atom. The fraction of sp³-hybridized carbons (Fsp3) is 0.667. The van der Waals surface area contributed by atoms with E-state index in [0.29, 0.717) is 36.0 Å². The van der Waals surface area contributed by atoms with Gasteiger partial charge in [-0.1, -0.05) is 76.3 Å². The molecule has 0 heterocycles. The van der Waals surface area contributed by atoms with Gasteiger partial charge in [-0.2, -0.15) is 0 Å². The fourth-order valence-corrected chi connectivity index (χ4v) is 6.70. The largest absolute Gasteiger partial charge is 0.393 e. The molecule has 0 radical (unpaired) electrons. The summed E-state index contributed by atoms with van der Waals surface area (Å²) in [4.78, 5) is 0. The Labute approximate surface area is 201 Å². The fourth-order valence-electron chi connectivity index (χ4n) is 6.70. The Morgan fingerprint density at radius 2 is 1.88 bits per heavy atom. The normalized spacial score (nSPS) is 36.9. The van der Waals surface area contributed by atoms with Crippen molar-refractivity contribution < 1.29 is 15.3 Å². The van der Waals surface area contributed by atoms with Gasteiger partial charge in [0.15, 0.2) is 0 Å². The summed E-state index contributed by atoms with van der Waals surface area (Å²) in [6.45, 7) is 13.0. The molecule has 3 heteroatoms. The summed E-state index contributed by atoms with van der Waals surface area (Å²) in [6, 6.07) is 0. The van der Waals surface area contributed by atoms with Crippen LogP contribution in [0.15, 0.2) is 59.8 Å². The Balaban J connectivity index is 1.72. The van der Waals surface area contributed by atoms with E-state index in [-0.39, 0.29) is 0 Å². The molecule has 0 aromatic carbocycles. The van der Waals surface area contributed by atoms with Crippen LogP contribution in [-0.4, -0.2) is 33.1 Å². The smallest absolute Gasteiger partial charge is 0.0825 e. The molecule has 0 amide bonds. The van der Waals surface area contributed by atoms with Gasteiger partial charge in [0.05, 0.1) is 17.8 Å². The van der Waals surface area contributed by atoms with E-state index in [1.54, 1.807) is 0 Å². The molecular weight excluding hydrogens is 408 g/mol. The second-order valence-corrected chi connectivity index (χ2v) is 11.1. The first kappa shape index (κ1) is 26.2. The van der Waals surface area contributed by atoms with Crippen LogP contribution in [0.25, 0.3) is 0 Å². The number of fused-ring (bicyclic) bond motifs is 1. The van der Waals surface area contributed by atoms with Crippen molar-refractivity contribution in [3.63, 3.8) is 0 Å². The van der Waals surface area contributed by atoms with Gasteiger partial charge in [-0.25, -0.2) is 0 Å². The van der Waals surface area contributed by atoms with Crippen molar-refractivity contribution in [2.45, 2.75) is 103 Å². The molecule has 0 saturated heterocycles. The molecule has 33 heavy (non-hydrogen) atoms. The Kier molecular flexibility index (Phi) is 8.64. The quantitative estimate of drug-likeness (QED) is 0.389. The molecular formula is C30H46O3. The molecule has 6 atom stereocenters. The van der Waals surface area contributed by atoms with E-state index < -0.39 is 17.8 Å². The van der Waals surface area contributed by atoms with E-state index in [9.17, 15) is 15.3 Å². The third kappa shape index (κ3) is 5.81. The third-order valence-electron chi connectivity index (χ3n) is 9.09. The van der Waals surface area contributed by atoms with Gasteiger partial charge in [0, 0.05) is 6.42 Å². The lowest BCUT2D eigenvalue weighted by molar-refractivity contribution is 0.0827. The first-order chi connectivity index (χ1) is 15.6. The van der Waals surface area contributed by atoms with Crippen LogP contribution in [0.1, 0.15) is 85.5 Å². The highest BCUT2D eigenvalue weighted by Crippen LogP contribution is 2.59. The lowest BCUT2D eigenvalue weighted by Gasteiger charge is -2.44. The zero-order chi connectivity index (χ0) is 24.2. The maximum Gasteiger partial charge on any atom is 0.0825 e. The summed E-state index contributed by atoms with van der Waals surface area (Å²) in [5.41, 5.74) is 2.92. The molecule has 3 saturated carbocycles. The monoisotopic (exact) mass is 454 g/mol. The van der Waals surface area contributed by atoms with Crippen LogP contribution in [0.2, 0.25) is 0 Å². The first-order valence-corrected chi connectivity index (χ1v) is 13.2. The first-order valence-electron chi connectivity index (χ1n) is 13.2. The number of aliphatic hydroxyl groups is 3. The average Bonchev–Trinajstić information content (AvgIpc) is 3.15. The Bertz CT molecular complexity index is 812. The van der Waals surface area contributed by atoms with Gasteiger partial charge in [-0.15, -0.1) is 0 Å². The van der Waals surface area contributed by atoms with Crippen LogP contribution < -0.4 is 0 Å². The van der Waals surface area contributed by atoms with Crippen molar-refractivity contribution in [2.24, 2.45) is 23.2 Å². The summed E-state index contributed by atoms with van der Waals surface area (Å²) >= 11 is 0. The molecule has 3 aliphatic rings. The zero-order valence-electron chi connectivity index (χ0n) is 21.3. The molecule has 3 rings (SSSR count). The van der Waals surface area contributed by atoms with Gasteiger partial charge in [-0.05, 0) is 85.7 Å². The Hall–Kier alpha value is -1.42. The van der Waals surface area contributed by atoms with Crippen LogP contribution in [0.4, 0.5) is 0 Å². The standard InChI is InChI=1S/C30H46O3/c1-6-30(33,7-2)18-9-8-11-21(3)26-15-16-27-23(12-10-17-29(26,27)5)13-14-24-19-25(31)20-28(32)22(24)4/h8-9,11,13-14,18,21,25-28,31-33H,4,6-7,10,12,15-17,19-20H2,1-3,5H3/t21-,25-,26?,27?,28+,29-/m1/s1. The molecule has 3 nitrogen and oxygen atoms in total. The van der Waals surface area contributed by atoms with Crippen molar-refractivity contribution in [3.8, 4) is 0 Å². The van der Waals surface area contributed by atoms with Gasteiger partial charge in [-0.3, -0.25) is 0 Å². The highest BCUT2D eigenvalue weighted by Gasteiger charge is 2.50. The lowest BCUT2D eigenvalue weighted by Crippen LogP contribution is -2.35. The van der Waals surface area contributed by atoms with E-state index in [1.165, 1.54) is 31.3 Å². The molecule has 0 aromatic heterocycles. The minimum absolute atomic E-state index is 0.312. The predicted octanol–water partition coefficient (Wildman–Crippen LogP) is 6.43. The van der Waals surface area contributed by atoms with Crippen LogP contribution in [0.3, 0.4) is 0 Å². The van der Waals surface area contributed by atoms with Crippen molar-refractivity contribution in [2.75, 3.05) is 0 Å². The van der Waals surface area contributed by atoms with E-state index in [1.807, 2.05) is 26.0 Å². The number of hydrogen-bond donors (Lipinski definition) is 3.